The molecule has 0 amide bonds. The van der Waals surface area contributed by atoms with Gasteiger partial charge in [0.1, 0.15) is 0 Å². The maximum Gasteiger partial charge on any atom is 0.337 e. The molecule has 146 valence electrons. The summed E-state index contributed by atoms with van der Waals surface area (Å²) in [7, 11) is 1.37. The van der Waals surface area contributed by atoms with Crippen LogP contribution in [-0.2, 0) is 17.9 Å². The van der Waals surface area contributed by atoms with Crippen molar-refractivity contribution in [2.45, 2.75) is 22.9 Å². The number of benzene rings is 3. The average molecular weight is 404 g/mol. The third-order valence-electron chi connectivity index (χ3n) is 4.72. The summed E-state index contributed by atoms with van der Waals surface area (Å²) in [6.07, 6.45) is 1.79. The number of rotatable bonds is 6. The Morgan fingerprint density at radius 2 is 1.72 bits per heavy atom. The minimum absolute atomic E-state index is 0.0139. The number of carbonyl (C=O) groups is 1. The van der Waals surface area contributed by atoms with Crippen LogP contribution in [0.15, 0.2) is 82.8 Å². The summed E-state index contributed by atoms with van der Waals surface area (Å²) >= 11 is 1.65. The molecule has 0 saturated heterocycles. The molecule has 1 N–H and O–H groups in total. The van der Waals surface area contributed by atoms with Gasteiger partial charge in [-0.15, -0.1) is 0 Å². The van der Waals surface area contributed by atoms with Gasteiger partial charge in [0.2, 0.25) is 0 Å². The zero-order chi connectivity index (χ0) is 20.2. The number of esters is 1. The first kappa shape index (κ1) is 19.2. The highest BCUT2D eigenvalue weighted by Gasteiger charge is 2.12. The van der Waals surface area contributed by atoms with Crippen molar-refractivity contribution in [2.75, 3.05) is 7.11 Å². The largest absolute Gasteiger partial charge is 0.465 e. The van der Waals surface area contributed by atoms with E-state index in [9.17, 15) is 9.90 Å². The zero-order valence-electron chi connectivity index (χ0n) is 15.9. The fourth-order valence-corrected chi connectivity index (χ4v) is 4.26. The Hall–Kier alpha value is -3.09. The fraction of sp³-hybridized carbons (Fsp3) is 0.130. The first-order chi connectivity index (χ1) is 14.2. The quantitative estimate of drug-likeness (QED) is 0.479. The third kappa shape index (κ3) is 4.04. The molecule has 0 aliphatic rings. The van der Waals surface area contributed by atoms with E-state index in [0.717, 1.165) is 32.0 Å². The van der Waals surface area contributed by atoms with Gasteiger partial charge in [-0.25, -0.2) is 9.78 Å². The van der Waals surface area contributed by atoms with Crippen molar-refractivity contribution in [1.29, 1.82) is 0 Å². The Kier molecular flexibility index (Phi) is 5.64. The Labute approximate surface area is 173 Å². The topological polar surface area (TPSA) is 64.3 Å². The SMILES string of the molecule is COC(=O)c1ccc2c(c1)ncn2Cc1ccccc1Sc1ccccc1CO. The maximum absolute atomic E-state index is 11.7. The molecule has 0 atom stereocenters. The van der Waals surface area contributed by atoms with E-state index in [2.05, 4.69) is 21.7 Å². The summed E-state index contributed by atoms with van der Waals surface area (Å²) in [5.41, 5.74) is 4.26. The van der Waals surface area contributed by atoms with Crippen molar-refractivity contribution < 1.29 is 14.6 Å². The number of fused-ring (bicyclic) bond motifs is 1. The van der Waals surface area contributed by atoms with E-state index in [1.807, 2.05) is 42.5 Å². The molecule has 0 saturated carbocycles. The average Bonchev–Trinajstić information content (AvgIpc) is 3.17. The van der Waals surface area contributed by atoms with Crippen molar-refractivity contribution in [3.8, 4) is 0 Å². The molecule has 6 heteroatoms. The van der Waals surface area contributed by atoms with E-state index in [4.69, 9.17) is 4.74 Å². The summed E-state index contributed by atoms with van der Waals surface area (Å²) in [6, 6.07) is 21.5. The van der Waals surface area contributed by atoms with E-state index in [0.29, 0.717) is 12.1 Å². The predicted molar refractivity (Wildman–Crippen MR) is 113 cm³/mol. The number of ether oxygens (including phenoxy) is 1. The van der Waals surface area contributed by atoms with Gasteiger partial charge in [-0.05, 0) is 41.5 Å². The highest BCUT2D eigenvalue weighted by molar-refractivity contribution is 7.99. The van der Waals surface area contributed by atoms with Crippen LogP contribution in [0, 0.1) is 0 Å². The molecule has 0 radical (unpaired) electrons. The number of aliphatic hydroxyl groups excluding tert-OH is 1. The lowest BCUT2D eigenvalue weighted by Gasteiger charge is -2.12. The van der Waals surface area contributed by atoms with Crippen molar-refractivity contribution in [1.82, 2.24) is 9.55 Å². The molecule has 0 aliphatic heterocycles. The molecule has 0 fully saturated rings. The molecule has 4 aromatic rings. The number of hydrogen-bond acceptors (Lipinski definition) is 5. The molecule has 4 rings (SSSR count). The number of aliphatic hydroxyl groups is 1. The highest BCUT2D eigenvalue weighted by atomic mass is 32.2. The minimum Gasteiger partial charge on any atom is -0.465 e. The van der Waals surface area contributed by atoms with Gasteiger partial charge in [0, 0.05) is 9.79 Å². The summed E-state index contributed by atoms with van der Waals surface area (Å²) < 4.78 is 6.85. The predicted octanol–water partition coefficient (Wildman–Crippen LogP) is 4.51. The molecule has 3 aromatic carbocycles. The number of methoxy groups -OCH3 is 1. The Morgan fingerprint density at radius 1 is 1.03 bits per heavy atom. The van der Waals surface area contributed by atoms with Crippen molar-refractivity contribution in [3.05, 3.63) is 89.7 Å². The Bertz CT molecular complexity index is 1170. The van der Waals surface area contributed by atoms with Crippen LogP contribution in [0.2, 0.25) is 0 Å². The Morgan fingerprint density at radius 3 is 2.45 bits per heavy atom. The molecule has 0 aliphatic carbocycles. The minimum atomic E-state index is -0.370. The first-order valence-corrected chi connectivity index (χ1v) is 9.99. The van der Waals surface area contributed by atoms with Crippen molar-refractivity contribution in [2.24, 2.45) is 0 Å². The van der Waals surface area contributed by atoms with Gasteiger partial charge in [-0.2, -0.15) is 0 Å². The van der Waals surface area contributed by atoms with E-state index in [1.54, 1.807) is 30.2 Å². The number of carbonyl (C=O) groups excluding carboxylic acids is 1. The van der Waals surface area contributed by atoms with Gasteiger partial charge in [-0.3, -0.25) is 0 Å². The zero-order valence-corrected chi connectivity index (χ0v) is 16.7. The Balaban J connectivity index is 1.64. The second kappa shape index (κ2) is 8.51. The van der Waals surface area contributed by atoms with E-state index in [-0.39, 0.29) is 12.6 Å². The van der Waals surface area contributed by atoms with Gasteiger partial charge in [0.05, 0.1) is 43.2 Å². The maximum atomic E-state index is 11.7. The second-order valence-corrected chi connectivity index (χ2v) is 7.63. The molecule has 1 heterocycles. The van der Waals surface area contributed by atoms with Gasteiger partial charge < -0.3 is 14.4 Å². The highest BCUT2D eigenvalue weighted by Crippen LogP contribution is 2.33. The molecular weight excluding hydrogens is 384 g/mol. The molecular formula is C23H20N2O3S. The van der Waals surface area contributed by atoms with Crippen LogP contribution in [0.25, 0.3) is 11.0 Å². The monoisotopic (exact) mass is 404 g/mol. The first-order valence-electron chi connectivity index (χ1n) is 9.17. The lowest BCUT2D eigenvalue weighted by Crippen LogP contribution is -2.02. The molecule has 0 bridgehead atoms. The van der Waals surface area contributed by atoms with Crippen molar-refractivity contribution in [3.63, 3.8) is 0 Å². The number of aromatic nitrogens is 2. The summed E-state index contributed by atoms with van der Waals surface area (Å²) in [5.74, 6) is -0.370. The lowest BCUT2D eigenvalue weighted by atomic mass is 10.2. The lowest BCUT2D eigenvalue weighted by molar-refractivity contribution is 0.0601. The summed E-state index contributed by atoms with van der Waals surface area (Å²) in [4.78, 5) is 18.4. The van der Waals surface area contributed by atoms with Crippen molar-refractivity contribution >= 4 is 28.8 Å². The van der Waals surface area contributed by atoms with E-state index in [1.165, 1.54) is 7.11 Å². The van der Waals surface area contributed by atoms with Crippen LogP contribution in [0.5, 0.6) is 0 Å². The third-order valence-corrected chi connectivity index (χ3v) is 5.95. The summed E-state index contributed by atoms with van der Waals surface area (Å²) in [5, 5.41) is 9.61. The van der Waals surface area contributed by atoms with Crippen LogP contribution in [0.3, 0.4) is 0 Å². The molecule has 29 heavy (non-hydrogen) atoms. The summed E-state index contributed by atoms with van der Waals surface area (Å²) in [6.45, 7) is 0.665. The van der Waals surface area contributed by atoms with Crippen LogP contribution in [-0.4, -0.2) is 27.7 Å². The normalized spacial score (nSPS) is 11.0. The smallest absolute Gasteiger partial charge is 0.337 e. The van der Waals surface area contributed by atoms with Crippen LogP contribution >= 0.6 is 11.8 Å². The molecule has 0 spiro atoms. The van der Waals surface area contributed by atoms with E-state index >= 15 is 0 Å². The van der Waals surface area contributed by atoms with Crippen LogP contribution < -0.4 is 0 Å². The van der Waals surface area contributed by atoms with Gasteiger partial charge >= 0.3 is 5.97 Å². The van der Waals surface area contributed by atoms with Crippen LogP contribution in [0.1, 0.15) is 21.5 Å². The molecule has 1 aromatic heterocycles. The van der Waals surface area contributed by atoms with Gasteiger partial charge in [-0.1, -0.05) is 48.2 Å². The number of hydrogen-bond donors (Lipinski definition) is 1. The number of imidazole rings is 1. The van der Waals surface area contributed by atoms with Gasteiger partial charge in [0.15, 0.2) is 0 Å². The standard InChI is InChI=1S/C23H20N2O3S/c1-28-23(27)16-10-11-20-19(12-16)24-15-25(20)13-17-6-2-4-8-21(17)29-22-9-5-3-7-18(22)14-26/h2-12,15,26H,13-14H2,1H3. The van der Waals surface area contributed by atoms with E-state index < -0.39 is 0 Å². The fourth-order valence-electron chi connectivity index (χ4n) is 3.20. The molecule has 5 nitrogen and oxygen atoms in total. The second-order valence-electron chi connectivity index (χ2n) is 6.54. The van der Waals surface area contributed by atoms with Crippen LogP contribution in [0.4, 0.5) is 0 Å². The number of nitrogens with zero attached hydrogens (tertiary/aromatic N) is 2. The van der Waals surface area contributed by atoms with Gasteiger partial charge in [0.25, 0.3) is 0 Å². The molecule has 0 unspecified atom stereocenters.